The second kappa shape index (κ2) is 9.95. The second-order valence-electron chi connectivity index (χ2n) is 8.44. The average Bonchev–Trinajstić information content (AvgIpc) is 3.39. The van der Waals surface area contributed by atoms with Crippen LogP contribution in [0.15, 0.2) is 48.5 Å². The molecule has 4 rings (SSSR count). The molecule has 0 spiro atoms. The summed E-state index contributed by atoms with van der Waals surface area (Å²) in [6.07, 6.45) is -7.31. The van der Waals surface area contributed by atoms with Gasteiger partial charge in [0.05, 0.1) is 31.6 Å². The quantitative estimate of drug-likeness (QED) is 0.548. The lowest BCUT2D eigenvalue weighted by molar-refractivity contribution is -0.160. The van der Waals surface area contributed by atoms with Crippen LogP contribution in [0.2, 0.25) is 0 Å². The predicted octanol–water partition coefficient (Wildman–Crippen LogP) is 3.06. The molecule has 3 atom stereocenters. The number of fused-ring (bicyclic) bond motifs is 3. The van der Waals surface area contributed by atoms with Gasteiger partial charge in [0, 0.05) is 5.92 Å². The van der Waals surface area contributed by atoms with E-state index in [0.29, 0.717) is 0 Å². The number of hydrogen-bond donors (Lipinski definition) is 3. The van der Waals surface area contributed by atoms with E-state index in [0.717, 1.165) is 22.3 Å². The van der Waals surface area contributed by atoms with Gasteiger partial charge in [0.25, 0.3) is 0 Å². The van der Waals surface area contributed by atoms with Gasteiger partial charge in [-0.2, -0.15) is 13.2 Å². The van der Waals surface area contributed by atoms with E-state index in [-0.39, 0.29) is 25.7 Å². The van der Waals surface area contributed by atoms with Gasteiger partial charge in [-0.1, -0.05) is 48.5 Å². The molecule has 1 heterocycles. The van der Waals surface area contributed by atoms with Crippen molar-refractivity contribution in [3.8, 4) is 11.1 Å². The number of amides is 2. The highest BCUT2D eigenvalue weighted by atomic mass is 19.4. The average molecular weight is 492 g/mol. The Morgan fingerprint density at radius 1 is 1.03 bits per heavy atom. The first kappa shape index (κ1) is 24.5. The lowest BCUT2D eigenvalue weighted by atomic mass is 9.98. The number of ether oxygens (including phenoxy) is 2. The third kappa shape index (κ3) is 5.56. The molecule has 186 valence electrons. The van der Waals surface area contributed by atoms with Crippen LogP contribution in [0, 0.1) is 5.92 Å². The molecule has 0 saturated carbocycles. The molecule has 1 aliphatic carbocycles. The van der Waals surface area contributed by atoms with E-state index in [1.165, 1.54) is 0 Å². The summed E-state index contributed by atoms with van der Waals surface area (Å²) >= 11 is 0. The molecule has 0 aromatic heterocycles. The fraction of sp³-hybridized carbons (Fsp3) is 0.375. The Hall–Kier alpha value is -3.60. The van der Waals surface area contributed by atoms with Gasteiger partial charge in [-0.15, -0.1) is 0 Å². The van der Waals surface area contributed by atoms with Crippen LogP contribution in [0.3, 0.4) is 0 Å². The fourth-order valence-corrected chi connectivity index (χ4v) is 4.46. The zero-order valence-electron chi connectivity index (χ0n) is 18.4. The van der Waals surface area contributed by atoms with Crippen molar-refractivity contribution in [2.24, 2.45) is 5.92 Å². The van der Waals surface area contributed by atoms with Crippen LogP contribution in [0.4, 0.5) is 18.0 Å². The van der Waals surface area contributed by atoms with Gasteiger partial charge in [-0.05, 0) is 22.3 Å². The summed E-state index contributed by atoms with van der Waals surface area (Å²) in [5, 5.41) is 13.4. The van der Waals surface area contributed by atoms with E-state index in [9.17, 15) is 27.6 Å². The minimum atomic E-state index is -4.78. The Morgan fingerprint density at radius 2 is 1.63 bits per heavy atom. The molecule has 11 heteroatoms. The van der Waals surface area contributed by atoms with Gasteiger partial charge < -0.3 is 25.2 Å². The minimum absolute atomic E-state index is 0.0387. The number of benzene rings is 2. The molecule has 3 N–H and O–H groups in total. The Balaban J connectivity index is 1.36. The SMILES string of the molecule is O=C(NC1COCC1C(=O)NC(CC(F)(F)F)C(=O)O)OCC1c2ccccc2-c2ccccc21. The minimum Gasteiger partial charge on any atom is -0.480 e. The number of aliphatic carboxylic acids is 1. The van der Waals surface area contributed by atoms with E-state index in [1.807, 2.05) is 53.8 Å². The maximum atomic E-state index is 12.6. The predicted molar refractivity (Wildman–Crippen MR) is 117 cm³/mol. The third-order valence-electron chi connectivity index (χ3n) is 6.11. The van der Waals surface area contributed by atoms with Crippen LogP contribution in [-0.4, -0.2) is 61.2 Å². The van der Waals surface area contributed by atoms with Gasteiger partial charge in [-0.25, -0.2) is 9.59 Å². The molecule has 2 amide bonds. The van der Waals surface area contributed by atoms with Crippen molar-refractivity contribution in [1.29, 1.82) is 0 Å². The number of alkyl halides is 3. The van der Waals surface area contributed by atoms with Crippen LogP contribution in [0.25, 0.3) is 11.1 Å². The Morgan fingerprint density at radius 3 is 2.20 bits per heavy atom. The fourth-order valence-electron chi connectivity index (χ4n) is 4.46. The molecule has 1 aliphatic heterocycles. The second-order valence-corrected chi connectivity index (χ2v) is 8.44. The van der Waals surface area contributed by atoms with E-state index >= 15 is 0 Å². The number of alkyl carbamates (subject to hydrolysis) is 1. The first-order valence-electron chi connectivity index (χ1n) is 10.9. The standard InChI is InChI=1S/C24H23F3N2O6/c25-24(26,27)9-19(22(31)32)28-21(30)18-10-34-12-20(18)29-23(33)35-11-17-15-7-3-1-5-13(15)14-6-2-4-8-16(14)17/h1-8,17-20H,9-12H2,(H,28,30)(H,29,33)(H,31,32). The molecule has 0 bridgehead atoms. The van der Waals surface area contributed by atoms with Gasteiger partial charge in [0.2, 0.25) is 5.91 Å². The molecule has 2 aromatic rings. The van der Waals surface area contributed by atoms with Crippen LogP contribution in [-0.2, 0) is 19.1 Å². The van der Waals surface area contributed by atoms with Gasteiger partial charge in [0.15, 0.2) is 0 Å². The van der Waals surface area contributed by atoms with Crippen molar-refractivity contribution in [2.45, 2.75) is 30.6 Å². The molecule has 1 fully saturated rings. The normalized spacial score (nSPS) is 20.0. The molecule has 0 radical (unpaired) electrons. The monoisotopic (exact) mass is 492 g/mol. The van der Waals surface area contributed by atoms with Crippen molar-refractivity contribution in [3.63, 3.8) is 0 Å². The number of rotatable bonds is 7. The van der Waals surface area contributed by atoms with Crippen LogP contribution >= 0.6 is 0 Å². The Kier molecular flexibility index (Phi) is 6.97. The van der Waals surface area contributed by atoms with Crippen molar-refractivity contribution in [3.05, 3.63) is 59.7 Å². The Bertz CT molecular complexity index is 1080. The highest BCUT2D eigenvalue weighted by Gasteiger charge is 2.41. The number of carbonyl (C=O) groups excluding carboxylic acids is 2. The summed E-state index contributed by atoms with van der Waals surface area (Å²) in [6, 6.07) is 12.6. The largest absolute Gasteiger partial charge is 0.480 e. The van der Waals surface area contributed by atoms with Crippen molar-refractivity contribution in [1.82, 2.24) is 10.6 Å². The summed E-state index contributed by atoms with van der Waals surface area (Å²) in [5.41, 5.74) is 4.16. The van der Waals surface area contributed by atoms with Gasteiger partial charge >= 0.3 is 18.2 Å². The first-order chi connectivity index (χ1) is 16.6. The number of carboxylic acid groups (broad SMARTS) is 1. The number of halogens is 3. The number of carbonyl (C=O) groups is 3. The summed E-state index contributed by atoms with van der Waals surface area (Å²) < 4.78 is 48.5. The number of carboxylic acids is 1. The molecular weight excluding hydrogens is 469 g/mol. The first-order valence-corrected chi connectivity index (χ1v) is 10.9. The summed E-state index contributed by atoms with van der Waals surface area (Å²) in [7, 11) is 0. The third-order valence-corrected chi connectivity index (χ3v) is 6.11. The van der Waals surface area contributed by atoms with E-state index in [4.69, 9.17) is 14.6 Å². The zero-order chi connectivity index (χ0) is 25.2. The van der Waals surface area contributed by atoms with Crippen LogP contribution in [0.5, 0.6) is 0 Å². The smallest absolute Gasteiger partial charge is 0.407 e. The van der Waals surface area contributed by atoms with Crippen molar-refractivity contribution in [2.75, 3.05) is 19.8 Å². The molecule has 2 aromatic carbocycles. The summed E-state index contributed by atoms with van der Waals surface area (Å²) in [4.78, 5) is 36.1. The number of hydrogen-bond acceptors (Lipinski definition) is 5. The summed E-state index contributed by atoms with van der Waals surface area (Å²) in [5.74, 6) is -4.00. The molecule has 2 aliphatic rings. The maximum Gasteiger partial charge on any atom is 0.407 e. The topological polar surface area (TPSA) is 114 Å². The van der Waals surface area contributed by atoms with Crippen molar-refractivity contribution >= 4 is 18.0 Å². The van der Waals surface area contributed by atoms with Crippen LogP contribution in [0.1, 0.15) is 23.5 Å². The Labute approximate surface area is 198 Å². The lowest BCUT2D eigenvalue weighted by Gasteiger charge is -2.22. The lowest BCUT2D eigenvalue weighted by Crippen LogP contribution is -2.51. The molecule has 35 heavy (non-hydrogen) atoms. The van der Waals surface area contributed by atoms with Gasteiger partial charge in [-0.3, -0.25) is 4.79 Å². The summed E-state index contributed by atoms with van der Waals surface area (Å²) in [6.45, 7) is -0.214. The van der Waals surface area contributed by atoms with E-state index in [2.05, 4.69) is 5.32 Å². The van der Waals surface area contributed by atoms with Gasteiger partial charge in [0.1, 0.15) is 12.6 Å². The molecule has 3 unspecified atom stereocenters. The number of nitrogens with one attached hydrogen (secondary N) is 2. The van der Waals surface area contributed by atoms with Crippen LogP contribution < -0.4 is 10.6 Å². The molecular formula is C24H23F3N2O6. The molecule has 8 nitrogen and oxygen atoms in total. The van der Waals surface area contributed by atoms with E-state index < -0.39 is 48.6 Å². The van der Waals surface area contributed by atoms with Crippen molar-refractivity contribution < 1.29 is 42.1 Å². The highest BCUT2D eigenvalue weighted by molar-refractivity contribution is 5.86. The zero-order valence-corrected chi connectivity index (χ0v) is 18.4. The van der Waals surface area contributed by atoms with E-state index in [1.54, 1.807) is 0 Å². The highest BCUT2D eigenvalue weighted by Crippen LogP contribution is 2.44. The molecule has 1 saturated heterocycles. The maximum absolute atomic E-state index is 12.6.